The average molecular weight is 479 g/mol. The van der Waals surface area contributed by atoms with Crippen molar-refractivity contribution < 1.29 is 0 Å². The van der Waals surface area contributed by atoms with E-state index in [-0.39, 0.29) is 0 Å². The normalized spacial score (nSPS) is 43.6. The van der Waals surface area contributed by atoms with Crippen molar-refractivity contribution in [3.05, 3.63) is 23.3 Å². The van der Waals surface area contributed by atoms with Gasteiger partial charge < -0.3 is 11.5 Å². The number of rotatable bonds is 6. The summed E-state index contributed by atoms with van der Waals surface area (Å²) in [6, 6.07) is 0.631. The summed E-state index contributed by atoms with van der Waals surface area (Å²) in [6.07, 6.45) is 31.6. The summed E-state index contributed by atoms with van der Waals surface area (Å²) < 4.78 is 0. The first kappa shape index (κ1) is 24.7. The van der Waals surface area contributed by atoms with E-state index in [1.165, 1.54) is 96.3 Å². The van der Waals surface area contributed by atoms with E-state index in [0.29, 0.717) is 18.0 Å². The summed E-state index contributed by atoms with van der Waals surface area (Å²) in [5.74, 6) is 7.58. The van der Waals surface area contributed by atoms with Gasteiger partial charge in [-0.25, -0.2) is 0 Å². The Morgan fingerprint density at radius 3 is 2.00 bits per heavy atom. The van der Waals surface area contributed by atoms with Crippen molar-refractivity contribution in [1.82, 2.24) is 0 Å². The molecular weight excluding hydrogens is 424 g/mol. The molecule has 0 aromatic rings. The van der Waals surface area contributed by atoms with Gasteiger partial charge in [-0.15, -0.1) is 0 Å². The van der Waals surface area contributed by atoms with Gasteiger partial charge in [0.1, 0.15) is 0 Å². The van der Waals surface area contributed by atoms with Crippen LogP contribution in [0.5, 0.6) is 0 Å². The first-order chi connectivity index (χ1) is 17.2. The fourth-order valence-electron chi connectivity index (χ4n) is 10.3. The molecule has 35 heavy (non-hydrogen) atoms. The molecule has 0 spiro atoms. The second kappa shape index (κ2) is 11.0. The maximum Gasteiger partial charge on any atom is 0.00850 e. The third-order valence-corrected chi connectivity index (χ3v) is 12.3. The molecular formula is C33H54N2. The molecule has 0 radical (unpaired) electrons. The second-order valence-electron chi connectivity index (χ2n) is 13.9. The van der Waals surface area contributed by atoms with Gasteiger partial charge in [-0.3, -0.25) is 0 Å². The van der Waals surface area contributed by atoms with Crippen molar-refractivity contribution in [2.45, 2.75) is 134 Å². The largest absolute Gasteiger partial charge is 0.327 e. The monoisotopic (exact) mass is 478 g/mol. The van der Waals surface area contributed by atoms with Crippen molar-refractivity contribution >= 4 is 0 Å². The first-order valence-electron chi connectivity index (χ1n) is 16.1. The van der Waals surface area contributed by atoms with Crippen LogP contribution in [-0.4, -0.2) is 12.1 Å². The van der Waals surface area contributed by atoms with Gasteiger partial charge in [0.2, 0.25) is 0 Å². The Morgan fingerprint density at radius 1 is 0.629 bits per heavy atom. The van der Waals surface area contributed by atoms with E-state index >= 15 is 0 Å². The molecule has 0 bridgehead atoms. The third kappa shape index (κ3) is 5.09. The standard InChI is InChI=1S/C33H54N2/c34-31(25-7-2-1-3-8-25)21-32(35)26-19-15-23(16-20-26)22-13-17-24(18-14-22)27-11-6-12-30-28-9-4-5-10-29(28)33(27)30/h1-2,22-27,30-33H,3-21,34-35H2. The minimum atomic E-state index is 0.304. The molecule has 6 rings (SSSR count). The third-order valence-electron chi connectivity index (χ3n) is 12.3. The van der Waals surface area contributed by atoms with Crippen LogP contribution in [0.25, 0.3) is 0 Å². The Bertz CT molecular complexity index is 766. The van der Waals surface area contributed by atoms with E-state index in [1.807, 2.05) is 11.1 Å². The molecule has 2 heteroatoms. The zero-order valence-electron chi connectivity index (χ0n) is 22.5. The molecule has 4 N–H and O–H groups in total. The molecule has 6 atom stereocenters. The second-order valence-corrected chi connectivity index (χ2v) is 13.9. The summed E-state index contributed by atoms with van der Waals surface area (Å²) in [6.45, 7) is 0. The van der Waals surface area contributed by atoms with Crippen LogP contribution in [0, 0.1) is 47.3 Å². The molecule has 0 amide bonds. The average Bonchev–Trinajstić information content (AvgIpc) is 2.92. The lowest BCUT2D eigenvalue weighted by molar-refractivity contribution is 0.0583. The van der Waals surface area contributed by atoms with E-state index in [4.69, 9.17) is 11.5 Å². The SMILES string of the molecule is NC(CC(N)C1CCC(C2CCC(C3CCCC4C5=C(CCCC5)C43)CC2)CC1)C1CC=CCC1. The zero-order valence-corrected chi connectivity index (χ0v) is 22.5. The maximum atomic E-state index is 6.76. The lowest BCUT2D eigenvalue weighted by atomic mass is 9.50. The van der Waals surface area contributed by atoms with Crippen LogP contribution >= 0.6 is 0 Å². The predicted molar refractivity (Wildman–Crippen MR) is 148 cm³/mol. The van der Waals surface area contributed by atoms with E-state index in [2.05, 4.69) is 12.2 Å². The maximum absolute atomic E-state index is 6.76. The van der Waals surface area contributed by atoms with Gasteiger partial charge in [0.15, 0.2) is 0 Å². The molecule has 6 aliphatic rings. The van der Waals surface area contributed by atoms with Crippen LogP contribution in [-0.2, 0) is 0 Å². The molecule has 0 saturated heterocycles. The fraction of sp³-hybridized carbons (Fsp3) is 0.879. The summed E-state index contributed by atoms with van der Waals surface area (Å²) in [5.41, 5.74) is 17.3. The van der Waals surface area contributed by atoms with Gasteiger partial charge in [-0.2, -0.15) is 0 Å². The van der Waals surface area contributed by atoms with Crippen LogP contribution in [0.3, 0.4) is 0 Å². The van der Waals surface area contributed by atoms with Crippen LogP contribution < -0.4 is 11.5 Å². The Hall–Kier alpha value is -0.600. The fourth-order valence-corrected chi connectivity index (χ4v) is 10.3. The molecule has 6 unspecified atom stereocenters. The lowest BCUT2D eigenvalue weighted by Gasteiger charge is -2.54. The predicted octanol–water partition coefficient (Wildman–Crippen LogP) is 7.92. The van der Waals surface area contributed by atoms with Crippen molar-refractivity contribution in [3.8, 4) is 0 Å². The Labute approximate surface area is 216 Å². The Kier molecular flexibility index (Phi) is 7.79. The van der Waals surface area contributed by atoms with Gasteiger partial charge in [-0.1, -0.05) is 29.7 Å². The highest BCUT2D eigenvalue weighted by atomic mass is 14.7. The van der Waals surface area contributed by atoms with Crippen LogP contribution in [0.1, 0.15) is 122 Å². The molecule has 0 heterocycles. The Morgan fingerprint density at radius 2 is 1.29 bits per heavy atom. The van der Waals surface area contributed by atoms with E-state index in [0.717, 1.165) is 47.8 Å². The van der Waals surface area contributed by atoms with Gasteiger partial charge >= 0.3 is 0 Å². The molecule has 0 aromatic heterocycles. The van der Waals surface area contributed by atoms with Crippen LogP contribution in [0.2, 0.25) is 0 Å². The summed E-state index contributed by atoms with van der Waals surface area (Å²) in [5, 5.41) is 0. The number of allylic oxidation sites excluding steroid dienone is 4. The van der Waals surface area contributed by atoms with E-state index in [9.17, 15) is 0 Å². The minimum Gasteiger partial charge on any atom is -0.327 e. The summed E-state index contributed by atoms with van der Waals surface area (Å²) in [4.78, 5) is 0. The lowest BCUT2D eigenvalue weighted by Crippen LogP contribution is -2.44. The number of hydrogen-bond acceptors (Lipinski definition) is 2. The van der Waals surface area contributed by atoms with Crippen molar-refractivity contribution in [2.24, 2.45) is 58.8 Å². The number of fused-ring (bicyclic) bond motifs is 3. The molecule has 196 valence electrons. The van der Waals surface area contributed by atoms with Gasteiger partial charge in [-0.05, 0) is 163 Å². The summed E-state index contributed by atoms with van der Waals surface area (Å²) in [7, 11) is 0. The molecule has 0 aromatic carbocycles. The molecule has 6 aliphatic carbocycles. The highest BCUT2D eigenvalue weighted by molar-refractivity contribution is 5.36. The Balaban J connectivity index is 0.952. The molecule has 3 saturated carbocycles. The molecule has 2 nitrogen and oxygen atoms in total. The first-order valence-corrected chi connectivity index (χ1v) is 16.1. The van der Waals surface area contributed by atoms with Gasteiger partial charge in [0.25, 0.3) is 0 Å². The van der Waals surface area contributed by atoms with Crippen molar-refractivity contribution in [1.29, 1.82) is 0 Å². The highest BCUT2D eigenvalue weighted by Gasteiger charge is 2.49. The van der Waals surface area contributed by atoms with E-state index < -0.39 is 0 Å². The van der Waals surface area contributed by atoms with Gasteiger partial charge in [0.05, 0.1) is 0 Å². The minimum absolute atomic E-state index is 0.304. The quantitative estimate of drug-likeness (QED) is 0.381. The van der Waals surface area contributed by atoms with Gasteiger partial charge in [0, 0.05) is 12.1 Å². The smallest absolute Gasteiger partial charge is 0.00850 e. The van der Waals surface area contributed by atoms with Crippen molar-refractivity contribution in [2.75, 3.05) is 0 Å². The van der Waals surface area contributed by atoms with Crippen LogP contribution in [0.4, 0.5) is 0 Å². The number of hydrogen-bond donors (Lipinski definition) is 2. The highest BCUT2D eigenvalue weighted by Crippen LogP contribution is 2.60. The summed E-state index contributed by atoms with van der Waals surface area (Å²) >= 11 is 0. The topological polar surface area (TPSA) is 52.0 Å². The molecule has 3 fully saturated rings. The van der Waals surface area contributed by atoms with Crippen LogP contribution in [0.15, 0.2) is 23.3 Å². The number of nitrogens with two attached hydrogens (primary N) is 2. The molecule has 0 aliphatic heterocycles. The van der Waals surface area contributed by atoms with E-state index in [1.54, 1.807) is 19.3 Å². The van der Waals surface area contributed by atoms with Crippen molar-refractivity contribution in [3.63, 3.8) is 0 Å². The zero-order chi connectivity index (χ0) is 23.8.